The van der Waals surface area contributed by atoms with Crippen LogP contribution in [0.25, 0.3) is 0 Å². The first kappa shape index (κ1) is 14.8. The zero-order chi connectivity index (χ0) is 12.8. The Hall–Kier alpha value is -1.19. The predicted octanol–water partition coefficient (Wildman–Crippen LogP) is -1.22. The highest BCUT2D eigenvalue weighted by molar-refractivity contribution is 7.85. The van der Waals surface area contributed by atoms with Gasteiger partial charge in [-0.05, 0) is 6.42 Å². The third kappa shape index (κ3) is 8.15. The van der Waals surface area contributed by atoms with Crippen molar-refractivity contribution >= 4 is 22.1 Å². The van der Waals surface area contributed by atoms with Gasteiger partial charge in [-0.25, -0.2) is 0 Å². The van der Waals surface area contributed by atoms with Crippen LogP contribution >= 0.6 is 0 Å². The lowest BCUT2D eigenvalue weighted by Crippen LogP contribution is -2.39. The lowest BCUT2D eigenvalue weighted by Gasteiger charge is -2.12. The van der Waals surface area contributed by atoms with Gasteiger partial charge < -0.3 is 15.5 Å². The number of carboxylic acid groups (broad SMARTS) is 2. The maximum absolute atomic E-state index is 10.6. The molecular weight excluding hydrogens is 242 g/mol. The molecule has 0 saturated carbocycles. The number of rotatable bonds is 8. The van der Waals surface area contributed by atoms with Gasteiger partial charge in [-0.2, -0.15) is 8.42 Å². The predicted molar refractivity (Wildman–Crippen MR) is 52.7 cm³/mol. The molecule has 0 heterocycles. The summed E-state index contributed by atoms with van der Waals surface area (Å²) in [5.41, 5.74) is 0. The van der Waals surface area contributed by atoms with E-state index in [4.69, 9.17) is 14.8 Å². The van der Waals surface area contributed by atoms with Crippen LogP contribution in [0, 0.1) is 0 Å². The Balaban J connectivity index is 4.05. The molecule has 1 unspecified atom stereocenters. The Kier molecular flexibility index (Phi) is 5.93. The van der Waals surface area contributed by atoms with Crippen molar-refractivity contribution in [1.29, 1.82) is 0 Å². The fourth-order valence-electron chi connectivity index (χ4n) is 0.943. The Morgan fingerprint density at radius 1 is 1.25 bits per heavy atom. The van der Waals surface area contributed by atoms with Gasteiger partial charge in [0.15, 0.2) is 0 Å². The van der Waals surface area contributed by atoms with Crippen molar-refractivity contribution in [3.8, 4) is 0 Å². The van der Waals surface area contributed by atoms with E-state index in [1.165, 1.54) is 0 Å². The Morgan fingerprint density at radius 2 is 1.81 bits per heavy atom. The van der Waals surface area contributed by atoms with Gasteiger partial charge in [-0.15, -0.1) is 0 Å². The first-order valence-corrected chi connectivity index (χ1v) is 5.96. The van der Waals surface area contributed by atoms with E-state index in [1.54, 1.807) is 0 Å². The summed E-state index contributed by atoms with van der Waals surface area (Å²) < 4.78 is 29.0. The molecule has 0 aromatic heterocycles. The molecule has 94 valence electrons. The van der Waals surface area contributed by atoms with Crippen LogP contribution in [0.2, 0.25) is 0 Å². The highest BCUT2D eigenvalue weighted by Crippen LogP contribution is 1.97. The fourth-order valence-corrected chi connectivity index (χ4v) is 1.32. The van der Waals surface area contributed by atoms with Crippen LogP contribution in [0.1, 0.15) is 12.8 Å². The average Bonchev–Trinajstić information content (AvgIpc) is 2.07. The van der Waals surface area contributed by atoms with E-state index >= 15 is 0 Å². The Morgan fingerprint density at radius 3 is 2.19 bits per heavy atom. The molecule has 0 radical (unpaired) electrons. The first-order valence-electron chi connectivity index (χ1n) is 4.35. The SMILES string of the molecule is O=C(O)CCC(NCCS(=O)(=O)O)C(=O)O. The molecule has 0 spiro atoms. The van der Waals surface area contributed by atoms with E-state index in [9.17, 15) is 18.0 Å². The molecule has 0 fully saturated rings. The lowest BCUT2D eigenvalue weighted by molar-refractivity contribution is -0.140. The zero-order valence-electron chi connectivity index (χ0n) is 8.29. The maximum atomic E-state index is 10.6. The summed E-state index contributed by atoms with van der Waals surface area (Å²) in [6.07, 6.45) is -0.494. The minimum atomic E-state index is -4.15. The average molecular weight is 255 g/mol. The van der Waals surface area contributed by atoms with Crippen LogP contribution in [-0.2, 0) is 19.7 Å². The van der Waals surface area contributed by atoms with Gasteiger partial charge in [0.05, 0.1) is 5.75 Å². The van der Waals surface area contributed by atoms with Crippen LogP contribution in [0.4, 0.5) is 0 Å². The Bertz CT molecular complexity index is 350. The van der Waals surface area contributed by atoms with Crippen LogP contribution in [-0.4, -0.2) is 53.5 Å². The van der Waals surface area contributed by atoms with Crippen LogP contribution in [0.5, 0.6) is 0 Å². The monoisotopic (exact) mass is 255 g/mol. The quantitative estimate of drug-likeness (QED) is 0.395. The van der Waals surface area contributed by atoms with Crippen molar-refractivity contribution < 1.29 is 32.8 Å². The molecule has 0 aliphatic heterocycles. The van der Waals surface area contributed by atoms with Gasteiger partial charge in [0, 0.05) is 13.0 Å². The van der Waals surface area contributed by atoms with Gasteiger partial charge in [-0.3, -0.25) is 14.1 Å². The van der Waals surface area contributed by atoms with Crippen molar-refractivity contribution in [3.63, 3.8) is 0 Å². The number of carboxylic acids is 2. The normalized spacial score (nSPS) is 13.3. The lowest BCUT2D eigenvalue weighted by atomic mass is 10.1. The summed E-state index contributed by atoms with van der Waals surface area (Å²) in [7, 11) is -4.15. The summed E-state index contributed by atoms with van der Waals surface area (Å²) in [5, 5.41) is 19.3. The molecule has 0 aliphatic carbocycles. The number of nitrogens with one attached hydrogen (secondary N) is 1. The fraction of sp³-hybridized carbons (Fsp3) is 0.714. The van der Waals surface area contributed by atoms with Crippen LogP contribution in [0.15, 0.2) is 0 Å². The second-order valence-electron chi connectivity index (χ2n) is 3.06. The largest absolute Gasteiger partial charge is 0.481 e. The van der Waals surface area contributed by atoms with Crippen molar-refractivity contribution in [2.24, 2.45) is 0 Å². The first-order chi connectivity index (χ1) is 7.22. The number of aliphatic carboxylic acids is 2. The third-order valence-corrected chi connectivity index (χ3v) is 2.42. The van der Waals surface area contributed by atoms with E-state index in [-0.39, 0.29) is 19.4 Å². The third-order valence-electron chi connectivity index (χ3n) is 1.70. The standard InChI is InChI=1S/C7H13NO7S/c9-6(10)2-1-5(7(11)12)8-3-4-16(13,14)15/h5,8H,1-4H2,(H,9,10)(H,11,12)(H,13,14,15). The van der Waals surface area contributed by atoms with Crippen LogP contribution < -0.4 is 5.32 Å². The van der Waals surface area contributed by atoms with E-state index in [0.717, 1.165) is 0 Å². The number of carbonyl (C=O) groups is 2. The molecule has 9 heteroatoms. The molecule has 0 saturated heterocycles. The van der Waals surface area contributed by atoms with Crippen molar-refractivity contribution in [2.75, 3.05) is 12.3 Å². The van der Waals surface area contributed by atoms with Crippen LogP contribution in [0.3, 0.4) is 0 Å². The van der Waals surface area contributed by atoms with Crippen molar-refractivity contribution in [1.82, 2.24) is 5.32 Å². The van der Waals surface area contributed by atoms with E-state index in [0.29, 0.717) is 0 Å². The molecule has 0 bridgehead atoms. The minimum absolute atomic E-state index is 0.157. The van der Waals surface area contributed by atoms with Gasteiger partial charge in [0.25, 0.3) is 10.1 Å². The van der Waals surface area contributed by atoms with Crippen molar-refractivity contribution in [2.45, 2.75) is 18.9 Å². The summed E-state index contributed by atoms with van der Waals surface area (Å²) in [5.74, 6) is -3.02. The highest BCUT2D eigenvalue weighted by atomic mass is 32.2. The Labute approximate surface area is 92.0 Å². The molecule has 4 N–H and O–H groups in total. The molecule has 0 rings (SSSR count). The molecule has 0 aliphatic rings. The molecule has 8 nitrogen and oxygen atoms in total. The zero-order valence-corrected chi connectivity index (χ0v) is 9.11. The second-order valence-corrected chi connectivity index (χ2v) is 4.64. The molecule has 0 amide bonds. The van der Waals surface area contributed by atoms with Gasteiger partial charge in [0.1, 0.15) is 6.04 Å². The van der Waals surface area contributed by atoms with Crippen molar-refractivity contribution in [3.05, 3.63) is 0 Å². The summed E-state index contributed by atoms with van der Waals surface area (Å²) in [6.45, 7) is -0.255. The summed E-state index contributed by atoms with van der Waals surface area (Å²) in [4.78, 5) is 20.8. The smallest absolute Gasteiger partial charge is 0.320 e. The van der Waals surface area contributed by atoms with Gasteiger partial charge in [0.2, 0.25) is 0 Å². The second kappa shape index (κ2) is 6.40. The van der Waals surface area contributed by atoms with E-state index in [2.05, 4.69) is 5.32 Å². The molecule has 0 aromatic carbocycles. The minimum Gasteiger partial charge on any atom is -0.481 e. The molecule has 16 heavy (non-hydrogen) atoms. The van der Waals surface area contributed by atoms with E-state index < -0.39 is 33.9 Å². The van der Waals surface area contributed by atoms with Gasteiger partial charge >= 0.3 is 11.9 Å². The highest BCUT2D eigenvalue weighted by Gasteiger charge is 2.18. The summed E-state index contributed by atoms with van der Waals surface area (Å²) in [6, 6.07) is -1.14. The maximum Gasteiger partial charge on any atom is 0.320 e. The summed E-state index contributed by atoms with van der Waals surface area (Å²) >= 11 is 0. The molecular formula is C7H13NO7S. The molecule has 0 aromatic rings. The number of hydrogen-bond donors (Lipinski definition) is 4. The number of hydrogen-bond acceptors (Lipinski definition) is 5. The van der Waals surface area contributed by atoms with E-state index in [1.807, 2.05) is 0 Å². The van der Waals surface area contributed by atoms with Gasteiger partial charge in [-0.1, -0.05) is 0 Å². The molecule has 1 atom stereocenters. The topological polar surface area (TPSA) is 141 Å².